The van der Waals surface area contributed by atoms with Crippen LogP contribution >= 0.6 is 24.0 Å². The van der Waals surface area contributed by atoms with Crippen molar-refractivity contribution in [2.75, 3.05) is 14.1 Å². The molecule has 0 bridgehead atoms. The minimum atomic E-state index is -3.56. The highest BCUT2D eigenvalue weighted by molar-refractivity contribution is 14.0. The van der Waals surface area contributed by atoms with Crippen LogP contribution in [0.5, 0.6) is 0 Å². The highest BCUT2D eigenvalue weighted by Gasteiger charge is 2.24. The van der Waals surface area contributed by atoms with Crippen molar-refractivity contribution in [1.82, 2.24) is 15.4 Å². The van der Waals surface area contributed by atoms with Gasteiger partial charge in [-0.15, -0.1) is 24.0 Å². The summed E-state index contributed by atoms with van der Waals surface area (Å²) >= 11 is 0. The Balaban J connectivity index is 0.00000441. The standard InChI is InChI=1S/C14H24N4O2S.HI/c1-14(2,3)18-21(19,20)12-9-7-6-8-11(12)10-17-13(15-4)16-5;/h6-9,18H,10H2,1-5H3,(H2,15,16,17);1H. The first kappa shape index (κ1) is 21.1. The predicted octanol–water partition coefficient (Wildman–Crippen LogP) is 1.68. The molecule has 0 saturated heterocycles. The Morgan fingerprint density at radius 1 is 1.23 bits per heavy atom. The summed E-state index contributed by atoms with van der Waals surface area (Å²) < 4.78 is 27.6. The summed E-state index contributed by atoms with van der Waals surface area (Å²) in [5.74, 6) is 0.603. The topological polar surface area (TPSA) is 82.6 Å². The van der Waals surface area contributed by atoms with Crippen LogP contribution < -0.4 is 15.4 Å². The number of hydrogen-bond acceptors (Lipinski definition) is 3. The summed E-state index contributed by atoms with van der Waals surface area (Å²) in [4.78, 5) is 4.28. The number of sulfonamides is 1. The second-order valence-corrected chi connectivity index (χ2v) is 7.29. The number of hydrogen-bond donors (Lipinski definition) is 3. The predicted molar refractivity (Wildman–Crippen MR) is 101 cm³/mol. The second-order valence-electron chi connectivity index (χ2n) is 5.64. The van der Waals surface area contributed by atoms with E-state index in [4.69, 9.17) is 0 Å². The number of aliphatic imine (C=N–C) groups is 1. The van der Waals surface area contributed by atoms with Crippen molar-refractivity contribution in [3.63, 3.8) is 0 Å². The van der Waals surface area contributed by atoms with E-state index in [0.29, 0.717) is 18.1 Å². The van der Waals surface area contributed by atoms with Crippen LogP contribution in [0, 0.1) is 0 Å². The second kappa shape index (κ2) is 8.68. The van der Waals surface area contributed by atoms with E-state index in [1.165, 1.54) is 0 Å². The van der Waals surface area contributed by atoms with E-state index < -0.39 is 15.6 Å². The van der Waals surface area contributed by atoms with Crippen LogP contribution in [0.2, 0.25) is 0 Å². The van der Waals surface area contributed by atoms with Crippen LogP contribution in [-0.4, -0.2) is 34.0 Å². The van der Waals surface area contributed by atoms with Gasteiger partial charge in [-0.05, 0) is 32.4 Å². The lowest BCUT2D eigenvalue weighted by atomic mass is 10.1. The number of nitrogens with one attached hydrogen (secondary N) is 3. The van der Waals surface area contributed by atoms with Crippen LogP contribution in [0.4, 0.5) is 0 Å². The van der Waals surface area contributed by atoms with Crippen molar-refractivity contribution in [2.45, 2.75) is 37.8 Å². The van der Waals surface area contributed by atoms with E-state index in [9.17, 15) is 8.42 Å². The lowest BCUT2D eigenvalue weighted by molar-refractivity contribution is 0.491. The summed E-state index contributed by atoms with van der Waals surface area (Å²) in [5.41, 5.74) is 0.158. The number of halogens is 1. The Labute approximate surface area is 150 Å². The maximum absolute atomic E-state index is 12.5. The molecule has 6 nitrogen and oxygen atoms in total. The van der Waals surface area contributed by atoms with Crippen molar-refractivity contribution < 1.29 is 8.42 Å². The molecule has 0 saturated carbocycles. The largest absolute Gasteiger partial charge is 0.359 e. The zero-order chi connectivity index (χ0) is 16.1. The molecule has 1 aromatic carbocycles. The third-order valence-electron chi connectivity index (χ3n) is 2.61. The van der Waals surface area contributed by atoms with Gasteiger partial charge in [-0.2, -0.15) is 0 Å². The number of guanidine groups is 1. The third kappa shape index (κ3) is 6.49. The summed E-state index contributed by atoms with van der Waals surface area (Å²) in [6.07, 6.45) is 0. The molecule has 0 aliphatic rings. The van der Waals surface area contributed by atoms with Gasteiger partial charge in [0.05, 0.1) is 4.90 Å². The normalized spacial score (nSPS) is 12.5. The van der Waals surface area contributed by atoms with E-state index in [2.05, 4.69) is 20.3 Å². The van der Waals surface area contributed by atoms with Crippen LogP contribution in [0.3, 0.4) is 0 Å². The number of rotatable bonds is 4. The molecule has 0 unspecified atom stereocenters. The first-order valence-corrected chi connectivity index (χ1v) is 8.18. The van der Waals surface area contributed by atoms with E-state index in [1.54, 1.807) is 32.3 Å². The van der Waals surface area contributed by atoms with Crippen LogP contribution in [0.1, 0.15) is 26.3 Å². The molecule has 0 heterocycles. The lowest BCUT2D eigenvalue weighted by Gasteiger charge is -2.21. The van der Waals surface area contributed by atoms with Gasteiger partial charge in [-0.3, -0.25) is 4.99 Å². The summed E-state index contributed by atoms with van der Waals surface area (Å²) in [5, 5.41) is 5.95. The molecule has 126 valence electrons. The molecule has 0 aliphatic heterocycles. The monoisotopic (exact) mass is 440 g/mol. The van der Waals surface area contributed by atoms with Gasteiger partial charge < -0.3 is 10.6 Å². The highest BCUT2D eigenvalue weighted by atomic mass is 127. The molecule has 0 amide bonds. The molecule has 3 N–H and O–H groups in total. The molecule has 0 spiro atoms. The van der Waals surface area contributed by atoms with Gasteiger partial charge in [0.15, 0.2) is 5.96 Å². The molecule has 0 aliphatic carbocycles. The molecule has 0 fully saturated rings. The average molecular weight is 440 g/mol. The van der Waals surface area contributed by atoms with Gasteiger partial charge >= 0.3 is 0 Å². The Bertz CT molecular complexity index is 610. The Morgan fingerprint density at radius 2 is 1.82 bits per heavy atom. The van der Waals surface area contributed by atoms with E-state index in [1.807, 2.05) is 26.8 Å². The summed E-state index contributed by atoms with van der Waals surface area (Å²) in [6, 6.07) is 6.92. The molecule has 1 rings (SSSR count). The summed E-state index contributed by atoms with van der Waals surface area (Å²) in [7, 11) is -0.156. The van der Waals surface area contributed by atoms with Crippen molar-refractivity contribution >= 4 is 40.0 Å². The fraction of sp³-hybridized carbons (Fsp3) is 0.500. The summed E-state index contributed by atoms with van der Waals surface area (Å²) in [6.45, 7) is 5.81. The first-order valence-electron chi connectivity index (χ1n) is 6.70. The number of benzene rings is 1. The minimum absolute atomic E-state index is 0. The maximum Gasteiger partial charge on any atom is 0.241 e. The quantitative estimate of drug-likeness (QED) is 0.378. The molecule has 0 radical (unpaired) electrons. The van der Waals surface area contributed by atoms with Crippen molar-refractivity contribution in [3.8, 4) is 0 Å². The molecule has 22 heavy (non-hydrogen) atoms. The lowest BCUT2D eigenvalue weighted by Crippen LogP contribution is -2.41. The van der Waals surface area contributed by atoms with Gasteiger partial charge in [0.1, 0.15) is 0 Å². The smallest absolute Gasteiger partial charge is 0.241 e. The van der Waals surface area contributed by atoms with Gasteiger partial charge in [0.2, 0.25) is 10.0 Å². The zero-order valence-corrected chi connectivity index (χ0v) is 16.7. The highest BCUT2D eigenvalue weighted by Crippen LogP contribution is 2.17. The van der Waals surface area contributed by atoms with E-state index >= 15 is 0 Å². The van der Waals surface area contributed by atoms with Crippen molar-refractivity contribution in [1.29, 1.82) is 0 Å². The van der Waals surface area contributed by atoms with Crippen molar-refractivity contribution in [2.24, 2.45) is 4.99 Å². The van der Waals surface area contributed by atoms with Gasteiger partial charge in [-0.1, -0.05) is 18.2 Å². The molecule has 1 aromatic rings. The zero-order valence-electron chi connectivity index (χ0n) is 13.6. The maximum atomic E-state index is 12.5. The molecule has 8 heteroatoms. The molecule has 0 aromatic heterocycles. The molecular weight excluding hydrogens is 415 g/mol. The van der Waals surface area contributed by atoms with Gasteiger partial charge in [0.25, 0.3) is 0 Å². The Morgan fingerprint density at radius 3 is 2.32 bits per heavy atom. The van der Waals surface area contributed by atoms with Gasteiger partial charge in [-0.25, -0.2) is 13.1 Å². The van der Waals surface area contributed by atoms with Crippen molar-refractivity contribution in [3.05, 3.63) is 29.8 Å². The minimum Gasteiger partial charge on any atom is -0.359 e. The first-order chi connectivity index (χ1) is 9.69. The van der Waals surface area contributed by atoms with Gasteiger partial charge in [0, 0.05) is 26.2 Å². The average Bonchev–Trinajstić information content (AvgIpc) is 2.37. The third-order valence-corrected chi connectivity index (χ3v) is 4.47. The molecular formula is C14H25IN4O2S. The number of nitrogens with zero attached hydrogens (tertiary/aromatic N) is 1. The van der Waals surface area contributed by atoms with Crippen LogP contribution in [0.15, 0.2) is 34.2 Å². The Kier molecular flexibility index (Phi) is 8.34. The SMILES string of the molecule is CN=C(NC)NCc1ccccc1S(=O)(=O)NC(C)(C)C.I. The van der Waals surface area contributed by atoms with Crippen LogP contribution in [-0.2, 0) is 16.6 Å². The van der Waals surface area contributed by atoms with Crippen LogP contribution in [0.25, 0.3) is 0 Å². The fourth-order valence-corrected chi connectivity index (χ4v) is 3.49. The fourth-order valence-electron chi connectivity index (χ4n) is 1.83. The Hall–Kier alpha value is -0.870. The molecule has 0 atom stereocenters. The van der Waals surface area contributed by atoms with E-state index in [-0.39, 0.29) is 28.9 Å². The van der Waals surface area contributed by atoms with E-state index in [0.717, 1.165) is 0 Å².